The Morgan fingerprint density at radius 3 is 2.41 bits per heavy atom. The van der Waals surface area contributed by atoms with Crippen LogP contribution in [0.1, 0.15) is 39.3 Å². The Balaban J connectivity index is 2.14. The number of carbonyl (C=O) groups is 3. The zero-order valence-electron chi connectivity index (χ0n) is 15.9. The van der Waals surface area contributed by atoms with E-state index >= 15 is 0 Å². The third-order valence-electron chi connectivity index (χ3n) is 5.47. The fraction of sp³-hybridized carbons (Fsp3) is 0.526. The van der Waals surface area contributed by atoms with Gasteiger partial charge in [-0.25, -0.2) is 0 Å². The number of carboxylic acid groups (broad SMARTS) is 1. The second kappa shape index (κ2) is 5.95. The number of imide groups is 1. The summed E-state index contributed by atoms with van der Waals surface area (Å²) < 4.78 is 5.12. The van der Waals surface area contributed by atoms with Crippen molar-refractivity contribution in [3.05, 3.63) is 23.8 Å². The summed E-state index contributed by atoms with van der Waals surface area (Å²) in [5.41, 5.74) is -1.77. The Morgan fingerprint density at radius 1 is 1.26 bits per heavy atom. The summed E-state index contributed by atoms with van der Waals surface area (Å²) >= 11 is 0. The maximum absolute atomic E-state index is 13.2. The monoisotopic (exact) mass is 376 g/mol. The molecule has 2 saturated heterocycles. The number of hydrogen-bond donors (Lipinski definition) is 3. The number of nitrogens with zero attached hydrogens (tertiary/aromatic N) is 1. The number of carbonyl (C=O) groups excluding carboxylic acids is 2. The van der Waals surface area contributed by atoms with Gasteiger partial charge in [0.25, 0.3) is 0 Å². The topological polar surface area (TPSA) is 116 Å². The van der Waals surface area contributed by atoms with Crippen LogP contribution in [0.25, 0.3) is 0 Å². The van der Waals surface area contributed by atoms with Gasteiger partial charge in [-0.2, -0.15) is 0 Å². The van der Waals surface area contributed by atoms with Gasteiger partial charge in [0.1, 0.15) is 5.54 Å². The quantitative estimate of drug-likeness (QED) is 0.681. The minimum Gasteiger partial charge on any atom is -0.504 e. The molecule has 0 spiro atoms. The van der Waals surface area contributed by atoms with Crippen molar-refractivity contribution in [1.82, 2.24) is 10.2 Å². The summed E-state index contributed by atoms with van der Waals surface area (Å²) in [6.45, 7) is 6.66. The normalized spacial score (nSPS) is 30.6. The van der Waals surface area contributed by atoms with Gasteiger partial charge in [-0.3, -0.25) is 24.6 Å². The van der Waals surface area contributed by atoms with Crippen LogP contribution >= 0.6 is 0 Å². The van der Waals surface area contributed by atoms with E-state index in [2.05, 4.69) is 5.32 Å². The van der Waals surface area contributed by atoms with Crippen molar-refractivity contribution in [2.24, 2.45) is 11.8 Å². The number of aromatic hydroxyl groups is 1. The van der Waals surface area contributed by atoms with E-state index in [1.165, 1.54) is 25.0 Å². The van der Waals surface area contributed by atoms with Gasteiger partial charge in [0.15, 0.2) is 11.5 Å². The van der Waals surface area contributed by atoms with Crippen LogP contribution in [0.2, 0.25) is 0 Å². The minimum atomic E-state index is -1.59. The number of nitrogens with one attached hydrogen (secondary N) is 1. The van der Waals surface area contributed by atoms with Gasteiger partial charge < -0.3 is 14.9 Å². The minimum absolute atomic E-state index is 0.0677. The lowest BCUT2D eigenvalue weighted by molar-refractivity contribution is -0.152. The molecule has 0 saturated carbocycles. The summed E-state index contributed by atoms with van der Waals surface area (Å²) in [5, 5.41) is 22.6. The Labute approximate surface area is 157 Å². The number of benzene rings is 1. The average Bonchev–Trinajstić information content (AvgIpc) is 3.02. The molecule has 8 heteroatoms. The maximum atomic E-state index is 13.2. The number of phenolic OH excluding ortho intramolecular Hbond substituents is 1. The predicted molar refractivity (Wildman–Crippen MR) is 95.2 cm³/mol. The molecule has 2 aliphatic heterocycles. The molecule has 2 heterocycles. The molecule has 3 rings (SSSR count). The fourth-order valence-corrected chi connectivity index (χ4v) is 4.17. The first-order valence-electron chi connectivity index (χ1n) is 8.69. The Morgan fingerprint density at radius 2 is 1.89 bits per heavy atom. The Hall–Kier alpha value is -2.61. The van der Waals surface area contributed by atoms with Crippen molar-refractivity contribution in [3.63, 3.8) is 0 Å². The lowest BCUT2D eigenvalue weighted by Gasteiger charge is -2.34. The second-order valence-electron chi connectivity index (χ2n) is 8.25. The van der Waals surface area contributed by atoms with Crippen molar-refractivity contribution < 1.29 is 29.3 Å². The van der Waals surface area contributed by atoms with Gasteiger partial charge in [-0.05, 0) is 45.4 Å². The number of ether oxygens (including phenoxy) is 1. The maximum Gasteiger partial charge on any atom is 0.324 e. The molecule has 0 aromatic heterocycles. The van der Waals surface area contributed by atoms with Gasteiger partial charge in [0.05, 0.1) is 18.9 Å². The predicted octanol–water partition coefficient (Wildman–Crippen LogP) is 1.29. The van der Waals surface area contributed by atoms with E-state index in [1.54, 1.807) is 32.9 Å². The van der Waals surface area contributed by atoms with Crippen LogP contribution in [0.4, 0.5) is 0 Å². The molecular formula is C19H24N2O6. The van der Waals surface area contributed by atoms with Gasteiger partial charge in [0.2, 0.25) is 11.8 Å². The van der Waals surface area contributed by atoms with E-state index in [1.807, 2.05) is 0 Å². The van der Waals surface area contributed by atoms with Gasteiger partial charge in [-0.1, -0.05) is 6.07 Å². The third kappa shape index (κ3) is 2.66. The lowest BCUT2D eigenvalue weighted by Crippen LogP contribution is -2.55. The number of hydrogen-bond acceptors (Lipinski definition) is 6. The Bertz CT molecular complexity index is 830. The molecule has 3 N–H and O–H groups in total. The number of amides is 2. The smallest absolute Gasteiger partial charge is 0.324 e. The van der Waals surface area contributed by atoms with E-state index in [0.29, 0.717) is 5.56 Å². The van der Waals surface area contributed by atoms with Crippen molar-refractivity contribution in [3.8, 4) is 11.5 Å². The first-order chi connectivity index (χ1) is 12.4. The van der Waals surface area contributed by atoms with Crippen molar-refractivity contribution in [2.45, 2.75) is 44.8 Å². The average molecular weight is 376 g/mol. The molecule has 0 bridgehead atoms. The summed E-state index contributed by atoms with van der Waals surface area (Å²) in [6, 6.07) is 3.87. The highest BCUT2D eigenvalue weighted by atomic mass is 16.5. The van der Waals surface area contributed by atoms with Crippen LogP contribution in [0, 0.1) is 11.8 Å². The highest BCUT2D eigenvalue weighted by molar-refractivity contribution is 6.10. The molecule has 8 nitrogen and oxygen atoms in total. The molecule has 0 aliphatic carbocycles. The molecule has 1 aromatic carbocycles. The number of aliphatic carboxylic acids is 1. The van der Waals surface area contributed by atoms with Crippen molar-refractivity contribution >= 4 is 17.8 Å². The molecule has 0 radical (unpaired) electrons. The van der Waals surface area contributed by atoms with Crippen LogP contribution in [0.15, 0.2) is 18.2 Å². The van der Waals surface area contributed by atoms with E-state index < -0.39 is 46.7 Å². The van der Waals surface area contributed by atoms with Crippen LogP contribution in [-0.2, 0) is 14.4 Å². The lowest BCUT2D eigenvalue weighted by atomic mass is 9.80. The van der Waals surface area contributed by atoms with Crippen LogP contribution in [0.3, 0.4) is 0 Å². The number of rotatable bonds is 3. The molecule has 2 fully saturated rings. The molecule has 2 aliphatic rings. The van der Waals surface area contributed by atoms with E-state index in [9.17, 15) is 24.6 Å². The summed E-state index contributed by atoms with van der Waals surface area (Å²) in [4.78, 5) is 39.4. The number of likely N-dealkylation sites (tertiary alicyclic amines) is 1. The van der Waals surface area contributed by atoms with E-state index in [0.717, 1.165) is 0 Å². The summed E-state index contributed by atoms with van der Waals surface area (Å²) in [5.74, 6) is -3.81. The van der Waals surface area contributed by atoms with Gasteiger partial charge in [0, 0.05) is 11.6 Å². The first-order valence-corrected chi connectivity index (χ1v) is 8.69. The zero-order chi connectivity index (χ0) is 20.3. The standard InChI is InChI=1S/C19H24N2O6/c1-18(2,3)21-15(23)12-13(16(21)24)19(4,17(25)26)20-14(12)9-6-7-10(22)11(8-9)27-5/h6-8,12-14,20,22H,1-5H3,(H,25,26). The molecular weight excluding hydrogens is 352 g/mol. The zero-order valence-corrected chi connectivity index (χ0v) is 15.9. The van der Waals surface area contributed by atoms with Gasteiger partial charge in [-0.15, -0.1) is 0 Å². The first kappa shape index (κ1) is 19.2. The third-order valence-corrected chi connectivity index (χ3v) is 5.47. The van der Waals surface area contributed by atoms with Crippen molar-refractivity contribution in [1.29, 1.82) is 0 Å². The largest absolute Gasteiger partial charge is 0.504 e. The van der Waals surface area contributed by atoms with Crippen LogP contribution in [0.5, 0.6) is 11.5 Å². The van der Waals surface area contributed by atoms with E-state index in [-0.39, 0.29) is 11.5 Å². The molecule has 2 amide bonds. The molecule has 4 atom stereocenters. The highest BCUT2D eigenvalue weighted by Crippen LogP contribution is 2.50. The number of methoxy groups -OCH3 is 1. The van der Waals surface area contributed by atoms with Crippen LogP contribution < -0.4 is 10.1 Å². The van der Waals surface area contributed by atoms with Crippen molar-refractivity contribution in [2.75, 3.05) is 7.11 Å². The number of fused-ring (bicyclic) bond motifs is 1. The highest BCUT2D eigenvalue weighted by Gasteiger charge is 2.67. The Kier molecular flexibility index (Phi) is 4.22. The molecule has 27 heavy (non-hydrogen) atoms. The fourth-order valence-electron chi connectivity index (χ4n) is 4.17. The summed E-state index contributed by atoms with van der Waals surface area (Å²) in [6.07, 6.45) is 0. The molecule has 146 valence electrons. The van der Waals surface area contributed by atoms with E-state index in [4.69, 9.17) is 4.74 Å². The van der Waals surface area contributed by atoms with Gasteiger partial charge >= 0.3 is 5.97 Å². The summed E-state index contributed by atoms with van der Waals surface area (Å²) in [7, 11) is 1.40. The van der Waals surface area contributed by atoms with Crippen LogP contribution in [-0.4, -0.2) is 51.1 Å². The molecule has 4 unspecified atom stereocenters. The second-order valence-corrected chi connectivity index (χ2v) is 8.25. The number of phenols is 1. The number of carboxylic acids is 1. The SMILES string of the molecule is COc1cc(C2NC(C)(C(=O)O)C3C(=O)N(C(C)(C)C)C(=O)C23)ccc1O. The molecule has 1 aromatic rings.